The number of rotatable bonds is 3. The average molecular weight is 179 g/mol. The second-order valence-electron chi connectivity index (χ2n) is 2.12. The lowest BCUT2D eigenvalue weighted by Gasteiger charge is -1.99. The molecule has 0 aliphatic heterocycles. The van der Waals surface area contributed by atoms with Gasteiger partial charge < -0.3 is 4.74 Å². The summed E-state index contributed by atoms with van der Waals surface area (Å²) in [5.74, 6) is 1.34. The maximum Gasteiger partial charge on any atom is 0.118 e. The molecule has 12 heavy (non-hydrogen) atoms. The van der Waals surface area contributed by atoms with Crippen molar-refractivity contribution in [2.75, 3.05) is 12.9 Å². The number of hydrogen-bond acceptors (Lipinski definition) is 3. The number of benzene rings is 1. The number of methoxy groups -OCH3 is 1. The van der Waals surface area contributed by atoms with Crippen molar-refractivity contribution in [3.05, 3.63) is 24.3 Å². The molecule has 0 aliphatic carbocycles. The number of hydrogen-bond donors (Lipinski definition) is 0. The Morgan fingerprint density at radius 3 is 2.58 bits per heavy atom. The Morgan fingerprint density at radius 2 is 2.08 bits per heavy atom. The molecular formula is C9H9NOS. The summed E-state index contributed by atoms with van der Waals surface area (Å²) in [6.07, 6.45) is 0. The zero-order valence-corrected chi connectivity index (χ0v) is 7.60. The molecule has 62 valence electrons. The van der Waals surface area contributed by atoms with E-state index in [4.69, 9.17) is 10.00 Å². The van der Waals surface area contributed by atoms with Gasteiger partial charge in [0.2, 0.25) is 0 Å². The third-order valence-electron chi connectivity index (χ3n) is 1.36. The van der Waals surface area contributed by atoms with Crippen molar-refractivity contribution in [2.24, 2.45) is 0 Å². The number of ether oxygens (including phenoxy) is 1. The third-order valence-corrected chi connectivity index (χ3v) is 2.24. The van der Waals surface area contributed by atoms with E-state index in [1.807, 2.05) is 24.3 Å². The summed E-state index contributed by atoms with van der Waals surface area (Å²) in [7, 11) is 1.64. The number of nitriles is 1. The molecule has 2 nitrogen and oxygen atoms in total. The first-order valence-electron chi connectivity index (χ1n) is 3.50. The number of thioether (sulfide) groups is 1. The van der Waals surface area contributed by atoms with Crippen LogP contribution in [0.3, 0.4) is 0 Å². The highest BCUT2D eigenvalue weighted by molar-refractivity contribution is 7.99. The highest BCUT2D eigenvalue weighted by Gasteiger charge is 1.93. The SMILES string of the molecule is COc1ccc(SCC#N)cc1. The molecule has 0 aromatic heterocycles. The predicted octanol–water partition coefficient (Wildman–Crippen LogP) is 2.31. The van der Waals surface area contributed by atoms with E-state index in [1.54, 1.807) is 7.11 Å². The molecule has 0 aliphatic rings. The van der Waals surface area contributed by atoms with E-state index in [0.717, 1.165) is 10.6 Å². The van der Waals surface area contributed by atoms with Gasteiger partial charge in [0.15, 0.2) is 0 Å². The van der Waals surface area contributed by atoms with Crippen LogP contribution in [0, 0.1) is 11.3 Å². The zero-order chi connectivity index (χ0) is 8.81. The van der Waals surface area contributed by atoms with Gasteiger partial charge in [-0.25, -0.2) is 0 Å². The smallest absolute Gasteiger partial charge is 0.118 e. The molecule has 0 fully saturated rings. The van der Waals surface area contributed by atoms with Gasteiger partial charge in [0.25, 0.3) is 0 Å². The van der Waals surface area contributed by atoms with Crippen molar-refractivity contribution >= 4 is 11.8 Å². The standard InChI is InChI=1S/C9H9NOS/c1-11-8-2-4-9(5-3-8)12-7-6-10/h2-5H,7H2,1H3. The molecule has 1 aromatic carbocycles. The van der Waals surface area contributed by atoms with Crippen LogP contribution in [0.1, 0.15) is 0 Å². The van der Waals surface area contributed by atoms with E-state index in [2.05, 4.69) is 6.07 Å². The topological polar surface area (TPSA) is 33.0 Å². The fraction of sp³-hybridized carbons (Fsp3) is 0.222. The minimum Gasteiger partial charge on any atom is -0.497 e. The summed E-state index contributed by atoms with van der Waals surface area (Å²) in [4.78, 5) is 1.09. The second kappa shape index (κ2) is 4.68. The van der Waals surface area contributed by atoms with E-state index >= 15 is 0 Å². The summed E-state index contributed by atoms with van der Waals surface area (Å²) in [6.45, 7) is 0. The van der Waals surface area contributed by atoms with Crippen molar-refractivity contribution in [3.63, 3.8) is 0 Å². The van der Waals surface area contributed by atoms with Gasteiger partial charge in [-0.3, -0.25) is 0 Å². The lowest BCUT2D eigenvalue weighted by molar-refractivity contribution is 0.414. The first kappa shape index (κ1) is 8.95. The molecule has 0 saturated heterocycles. The van der Waals surface area contributed by atoms with Crippen LogP contribution in [0.25, 0.3) is 0 Å². The summed E-state index contributed by atoms with van der Waals surface area (Å²) in [6, 6.07) is 9.74. The van der Waals surface area contributed by atoms with Gasteiger partial charge in [0.05, 0.1) is 18.9 Å². The van der Waals surface area contributed by atoms with E-state index in [1.165, 1.54) is 11.8 Å². The van der Waals surface area contributed by atoms with Crippen LogP contribution < -0.4 is 4.74 Å². The van der Waals surface area contributed by atoms with E-state index in [9.17, 15) is 0 Å². The number of nitrogens with zero attached hydrogens (tertiary/aromatic N) is 1. The van der Waals surface area contributed by atoms with Crippen molar-refractivity contribution in [3.8, 4) is 11.8 Å². The molecule has 0 N–H and O–H groups in total. The molecule has 0 spiro atoms. The maximum atomic E-state index is 8.33. The van der Waals surface area contributed by atoms with Gasteiger partial charge in [-0.1, -0.05) is 0 Å². The fourth-order valence-corrected chi connectivity index (χ4v) is 1.35. The van der Waals surface area contributed by atoms with Crippen LogP contribution in [0.4, 0.5) is 0 Å². The molecule has 0 saturated carbocycles. The molecule has 0 atom stereocenters. The molecule has 0 unspecified atom stereocenters. The lowest BCUT2D eigenvalue weighted by Crippen LogP contribution is -1.81. The highest BCUT2D eigenvalue weighted by Crippen LogP contribution is 2.20. The molecule has 1 rings (SSSR count). The van der Waals surface area contributed by atoms with Crippen LogP contribution in [-0.4, -0.2) is 12.9 Å². The molecule has 0 bridgehead atoms. The first-order valence-corrected chi connectivity index (χ1v) is 4.49. The summed E-state index contributed by atoms with van der Waals surface area (Å²) < 4.78 is 5.00. The zero-order valence-electron chi connectivity index (χ0n) is 6.78. The maximum absolute atomic E-state index is 8.33. The quantitative estimate of drug-likeness (QED) is 0.667. The van der Waals surface area contributed by atoms with Crippen molar-refractivity contribution in [1.29, 1.82) is 5.26 Å². The van der Waals surface area contributed by atoms with E-state index < -0.39 is 0 Å². The summed E-state index contributed by atoms with van der Waals surface area (Å²) in [5.41, 5.74) is 0. The van der Waals surface area contributed by atoms with Gasteiger partial charge in [0.1, 0.15) is 5.75 Å². The summed E-state index contributed by atoms with van der Waals surface area (Å²) in [5, 5.41) is 8.33. The molecular weight excluding hydrogens is 170 g/mol. The Bertz CT molecular complexity index is 276. The summed E-state index contributed by atoms with van der Waals surface area (Å²) >= 11 is 1.52. The van der Waals surface area contributed by atoms with E-state index in [-0.39, 0.29) is 0 Å². The second-order valence-corrected chi connectivity index (χ2v) is 3.17. The Balaban J connectivity index is 2.60. The van der Waals surface area contributed by atoms with Crippen molar-refractivity contribution in [1.82, 2.24) is 0 Å². The van der Waals surface area contributed by atoms with Crippen molar-refractivity contribution < 1.29 is 4.74 Å². The van der Waals surface area contributed by atoms with Gasteiger partial charge in [-0.05, 0) is 24.3 Å². The Morgan fingerprint density at radius 1 is 1.42 bits per heavy atom. The Labute approximate surface area is 76.2 Å². The Kier molecular flexibility index (Phi) is 3.49. The molecule has 3 heteroatoms. The largest absolute Gasteiger partial charge is 0.497 e. The fourth-order valence-electron chi connectivity index (χ4n) is 0.788. The predicted molar refractivity (Wildman–Crippen MR) is 49.3 cm³/mol. The highest BCUT2D eigenvalue weighted by atomic mass is 32.2. The third kappa shape index (κ3) is 2.48. The Hall–Kier alpha value is -1.14. The monoisotopic (exact) mass is 179 g/mol. The minimum atomic E-state index is 0.492. The average Bonchev–Trinajstić information content (AvgIpc) is 2.15. The van der Waals surface area contributed by atoms with Crippen LogP contribution in [0.15, 0.2) is 29.2 Å². The van der Waals surface area contributed by atoms with Crippen LogP contribution >= 0.6 is 11.8 Å². The minimum absolute atomic E-state index is 0.492. The normalized spacial score (nSPS) is 9.00. The first-order chi connectivity index (χ1) is 5.86. The van der Waals surface area contributed by atoms with Crippen LogP contribution in [0.2, 0.25) is 0 Å². The molecule has 0 amide bonds. The van der Waals surface area contributed by atoms with Crippen LogP contribution in [-0.2, 0) is 0 Å². The van der Waals surface area contributed by atoms with Gasteiger partial charge in [-0.15, -0.1) is 11.8 Å². The van der Waals surface area contributed by atoms with Gasteiger partial charge in [0, 0.05) is 4.90 Å². The van der Waals surface area contributed by atoms with Crippen molar-refractivity contribution in [2.45, 2.75) is 4.90 Å². The van der Waals surface area contributed by atoms with Crippen LogP contribution in [0.5, 0.6) is 5.75 Å². The molecule has 0 radical (unpaired) electrons. The van der Waals surface area contributed by atoms with E-state index in [0.29, 0.717) is 5.75 Å². The molecule has 0 heterocycles. The van der Waals surface area contributed by atoms with Gasteiger partial charge in [-0.2, -0.15) is 5.26 Å². The lowest BCUT2D eigenvalue weighted by atomic mass is 10.3. The molecule has 1 aromatic rings. The van der Waals surface area contributed by atoms with Gasteiger partial charge >= 0.3 is 0 Å².